The lowest BCUT2D eigenvalue weighted by molar-refractivity contribution is -0.0164. The van der Waals surface area contributed by atoms with E-state index >= 15 is 0 Å². The number of nitrogens with zero attached hydrogens (tertiary/aromatic N) is 2. The topological polar surface area (TPSA) is 66.6 Å². The fourth-order valence-electron chi connectivity index (χ4n) is 5.12. The summed E-state index contributed by atoms with van der Waals surface area (Å²) in [5.74, 6) is 0. The molecule has 1 saturated carbocycles. The fraction of sp³-hybridized carbons (Fsp3) is 1.00. The van der Waals surface area contributed by atoms with Gasteiger partial charge in [-0.3, -0.25) is 9.80 Å². The quantitative estimate of drug-likeness (QED) is 0.819. The molecule has 0 spiro atoms. The van der Waals surface area contributed by atoms with E-state index in [0.717, 1.165) is 32.4 Å². The van der Waals surface area contributed by atoms with Crippen molar-refractivity contribution >= 4 is 9.84 Å². The Morgan fingerprint density at radius 1 is 1.24 bits per heavy atom. The molecule has 2 aliphatic heterocycles. The summed E-state index contributed by atoms with van der Waals surface area (Å²) in [5.41, 5.74) is 5.83. The van der Waals surface area contributed by atoms with Crippen molar-refractivity contribution in [1.29, 1.82) is 0 Å². The van der Waals surface area contributed by atoms with Gasteiger partial charge in [-0.15, -0.1) is 0 Å². The fourth-order valence-corrected chi connectivity index (χ4v) is 6.86. The number of hydrogen-bond acceptors (Lipinski definition) is 5. The van der Waals surface area contributed by atoms with Crippen molar-refractivity contribution in [1.82, 2.24) is 9.80 Å². The van der Waals surface area contributed by atoms with Gasteiger partial charge in [0, 0.05) is 38.0 Å². The van der Waals surface area contributed by atoms with Crippen LogP contribution in [0.4, 0.5) is 0 Å². The average Bonchev–Trinajstić information content (AvgIpc) is 3.02. The monoisotopic (exact) mass is 315 g/mol. The molecular weight excluding hydrogens is 286 g/mol. The van der Waals surface area contributed by atoms with Gasteiger partial charge in [-0.05, 0) is 39.2 Å². The molecule has 0 aromatic carbocycles. The Labute approximate surface area is 128 Å². The first-order valence-corrected chi connectivity index (χ1v) is 10.2. The number of fused-ring (bicyclic) bond motifs is 1. The third-order valence-corrected chi connectivity index (χ3v) is 7.76. The van der Waals surface area contributed by atoms with Crippen LogP contribution in [0.15, 0.2) is 0 Å². The lowest BCUT2D eigenvalue weighted by atomic mass is 9.90. The molecule has 3 fully saturated rings. The Balaban J connectivity index is 1.91. The van der Waals surface area contributed by atoms with Crippen molar-refractivity contribution < 1.29 is 8.42 Å². The van der Waals surface area contributed by atoms with Crippen molar-refractivity contribution in [2.45, 2.75) is 61.9 Å². The summed E-state index contributed by atoms with van der Waals surface area (Å²) in [4.78, 5) is 5.05. The highest BCUT2D eigenvalue weighted by Gasteiger charge is 2.54. The largest absolute Gasteiger partial charge is 0.329 e. The lowest BCUT2D eigenvalue weighted by Crippen LogP contribution is -2.68. The summed E-state index contributed by atoms with van der Waals surface area (Å²) in [6.07, 6.45) is 6.59. The van der Waals surface area contributed by atoms with E-state index in [1.807, 2.05) is 0 Å². The van der Waals surface area contributed by atoms with Gasteiger partial charge in [0.15, 0.2) is 9.84 Å². The van der Waals surface area contributed by atoms with Crippen LogP contribution < -0.4 is 5.73 Å². The Morgan fingerprint density at radius 3 is 2.67 bits per heavy atom. The molecule has 21 heavy (non-hydrogen) atoms. The van der Waals surface area contributed by atoms with Crippen molar-refractivity contribution in [2.75, 3.05) is 32.4 Å². The molecule has 4 atom stereocenters. The van der Waals surface area contributed by atoms with Crippen molar-refractivity contribution in [3.05, 3.63) is 0 Å². The van der Waals surface area contributed by atoms with E-state index < -0.39 is 9.84 Å². The van der Waals surface area contributed by atoms with Gasteiger partial charge < -0.3 is 5.73 Å². The van der Waals surface area contributed by atoms with Gasteiger partial charge in [-0.25, -0.2) is 8.42 Å². The molecular formula is C15H29N3O2S. The van der Waals surface area contributed by atoms with Crippen LogP contribution in [-0.2, 0) is 9.84 Å². The van der Waals surface area contributed by atoms with Gasteiger partial charge >= 0.3 is 0 Å². The Morgan fingerprint density at radius 2 is 2.00 bits per heavy atom. The molecule has 1 aliphatic carbocycles. The predicted octanol–water partition coefficient (Wildman–Crippen LogP) is 0.450. The average molecular weight is 315 g/mol. The van der Waals surface area contributed by atoms with Crippen LogP contribution in [0, 0.1) is 0 Å². The highest BCUT2D eigenvalue weighted by Crippen LogP contribution is 2.42. The van der Waals surface area contributed by atoms with Crippen molar-refractivity contribution in [3.8, 4) is 0 Å². The third kappa shape index (κ3) is 2.54. The summed E-state index contributed by atoms with van der Waals surface area (Å²) in [6, 6.07) is 0.996. The molecule has 0 aromatic rings. The summed E-state index contributed by atoms with van der Waals surface area (Å²) >= 11 is 0. The second kappa shape index (κ2) is 5.48. The van der Waals surface area contributed by atoms with E-state index in [-0.39, 0.29) is 10.8 Å². The van der Waals surface area contributed by atoms with Gasteiger partial charge in [-0.2, -0.15) is 0 Å². The zero-order valence-electron chi connectivity index (χ0n) is 13.3. The first kappa shape index (κ1) is 15.7. The van der Waals surface area contributed by atoms with E-state index in [1.54, 1.807) is 0 Å². The molecule has 122 valence electrons. The van der Waals surface area contributed by atoms with Gasteiger partial charge in [-0.1, -0.05) is 6.42 Å². The zero-order chi connectivity index (χ0) is 15.3. The molecule has 0 amide bonds. The second-order valence-corrected chi connectivity index (χ2v) is 9.54. The molecule has 3 aliphatic rings. The molecule has 0 radical (unpaired) electrons. The molecule has 0 bridgehead atoms. The number of piperazine rings is 1. The molecule has 2 heterocycles. The van der Waals surface area contributed by atoms with E-state index in [9.17, 15) is 8.42 Å². The van der Waals surface area contributed by atoms with Crippen LogP contribution in [0.5, 0.6) is 0 Å². The number of hydrogen-bond donors (Lipinski definition) is 1. The smallest absolute Gasteiger partial charge is 0.152 e. The number of nitrogens with two attached hydrogens (primary N) is 1. The van der Waals surface area contributed by atoms with Gasteiger partial charge in [0.1, 0.15) is 0 Å². The summed E-state index contributed by atoms with van der Waals surface area (Å²) in [6.45, 7) is 5.95. The Bertz CT molecular complexity index is 495. The van der Waals surface area contributed by atoms with Gasteiger partial charge in [0.25, 0.3) is 0 Å². The minimum absolute atomic E-state index is 0.287. The minimum atomic E-state index is -3.05. The first-order chi connectivity index (χ1) is 9.88. The molecule has 6 heteroatoms. The number of sulfone groups is 1. The van der Waals surface area contributed by atoms with Crippen LogP contribution >= 0.6 is 0 Å². The molecule has 2 saturated heterocycles. The van der Waals surface area contributed by atoms with E-state index in [0.29, 0.717) is 18.6 Å². The number of rotatable bonds is 3. The van der Waals surface area contributed by atoms with Crippen LogP contribution in [0.2, 0.25) is 0 Å². The maximum Gasteiger partial charge on any atom is 0.152 e. The van der Waals surface area contributed by atoms with Crippen LogP contribution in [-0.4, -0.2) is 73.5 Å². The van der Waals surface area contributed by atoms with Crippen LogP contribution in [0.3, 0.4) is 0 Å². The summed E-state index contributed by atoms with van der Waals surface area (Å²) < 4.78 is 24.6. The molecule has 4 unspecified atom stereocenters. The van der Waals surface area contributed by atoms with Crippen molar-refractivity contribution in [2.24, 2.45) is 5.73 Å². The summed E-state index contributed by atoms with van der Waals surface area (Å²) in [5, 5.41) is -0.287. The molecule has 3 rings (SSSR count). The van der Waals surface area contributed by atoms with Gasteiger partial charge in [0.2, 0.25) is 0 Å². The maximum absolute atomic E-state index is 12.3. The van der Waals surface area contributed by atoms with Crippen molar-refractivity contribution in [3.63, 3.8) is 0 Å². The second-order valence-electron chi connectivity index (χ2n) is 7.31. The van der Waals surface area contributed by atoms with Gasteiger partial charge in [0.05, 0.1) is 10.8 Å². The molecule has 0 aromatic heterocycles. The Hall–Kier alpha value is -0.170. The minimum Gasteiger partial charge on any atom is -0.329 e. The zero-order valence-corrected chi connectivity index (χ0v) is 14.1. The molecule has 5 nitrogen and oxygen atoms in total. The van der Waals surface area contributed by atoms with E-state index in [1.165, 1.54) is 25.6 Å². The van der Waals surface area contributed by atoms with E-state index in [2.05, 4.69) is 16.7 Å². The molecule has 2 N–H and O–H groups in total. The third-order valence-electron chi connectivity index (χ3n) is 6.05. The van der Waals surface area contributed by atoms with E-state index in [4.69, 9.17) is 5.73 Å². The lowest BCUT2D eigenvalue weighted by Gasteiger charge is -2.53. The standard InChI is InChI=1S/C15H29N3O2S/c1-12-9-17-8-4-5-13(17)10-18(12)15(11-16)7-3-6-14(15)21(2,19)20/h12-14H,3-11,16H2,1-2H3. The highest BCUT2D eigenvalue weighted by molar-refractivity contribution is 7.91. The first-order valence-electron chi connectivity index (χ1n) is 8.28. The SMILES string of the molecule is CC1CN2CCCC2CN1C1(CN)CCCC1S(C)(=O)=O. The Kier molecular flexibility index (Phi) is 4.10. The highest BCUT2D eigenvalue weighted by atomic mass is 32.2. The predicted molar refractivity (Wildman–Crippen MR) is 85.0 cm³/mol. The van der Waals surface area contributed by atoms with Crippen LogP contribution in [0.1, 0.15) is 39.0 Å². The summed E-state index contributed by atoms with van der Waals surface area (Å²) in [7, 11) is -3.05. The van der Waals surface area contributed by atoms with Crippen LogP contribution in [0.25, 0.3) is 0 Å². The maximum atomic E-state index is 12.3. The normalized spacial score (nSPS) is 42.3.